The average Bonchev–Trinajstić information content (AvgIpc) is 3.06. The van der Waals surface area contributed by atoms with Crippen molar-refractivity contribution in [2.75, 3.05) is 12.4 Å². The van der Waals surface area contributed by atoms with E-state index in [1.807, 2.05) is 50.2 Å². The molecule has 3 aromatic rings. The van der Waals surface area contributed by atoms with Crippen molar-refractivity contribution in [3.05, 3.63) is 59.2 Å². The molecule has 0 aliphatic rings. The third kappa shape index (κ3) is 4.62. The van der Waals surface area contributed by atoms with E-state index in [9.17, 15) is 5.11 Å². The molecule has 1 N–H and O–H groups in total. The third-order valence-electron chi connectivity index (χ3n) is 3.86. The van der Waals surface area contributed by atoms with Gasteiger partial charge in [0, 0.05) is 5.75 Å². The Morgan fingerprint density at radius 3 is 2.69 bits per heavy atom. The maximum absolute atomic E-state index is 10.2. The van der Waals surface area contributed by atoms with Crippen LogP contribution in [0.15, 0.2) is 47.6 Å². The quantitative estimate of drug-likeness (QED) is 0.644. The van der Waals surface area contributed by atoms with Gasteiger partial charge in [-0.15, -0.1) is 5.10 Å². The zero-order valence-electron chi connectivity index (χ0n) is 15.1. The highest BCUT2D eigenvalue weighted by Crippen LogP contribution is 2.22. The molecule has 3 rings (SSSR count). The number of nitrogens with zero attached hydrogens (tertiary/aromatic N) is 4. The molecule has 0 aliphatic heterocycles. The van der Waals surface area contributed by atoms with Crippen LogP contribution in [0.1, 0.15) is 16.7 Å². The predicted molar refractivity (Wildman–Crippen MR) is 102 cm³/mol. The van der Waals surface area contributed by atoms with Crippen molar-refractivity contribution >= 4 is 11.8 Å². The van der Waals surface area contributed by atoms with Crippen LogP contribution in [0.2, 0.25) is 0 Å². The number of aliphatic hydroxyl groups excluding tert-OH is 1. The third-order valence-corrected chi connectivity index (χ3v) is 4.92. The van der Waals surface area contributed by atoms with Crippen LogP contribution in [0.3, 0.4) is 0 Å². The van der Waals surface area contributed by atoms with Crippen molar-refractivity contribution in [3.63, 3.8) is 0 Å². The number of rotatable bonds is 7. The zero-order chi connectivity index (χ0) is 18.5. The minimum atomic E-state index is -0.621. The van der Waals surface area contributed by atoms with E-state index in [0.717, 1.165) is 22.6 Å². The van der Waals surface area contributed by atoms with Gasteiger partial charge in [0.2, 0.25) is 5.16 Å². The van der Waals surface area contributed by atoms with Gasteiger partial charge in [0.05, 0.1) is 11.8 Å². The second kappa shape index (κ2) is 8.33. The van der Waals surface area contributed by atoms with E-state index in [-0.39, 0.29) is 6.61 Å². The second-order valence-electron chi connectivity index (χ2n) is 6.26. The minimum Gasteiger partial charge on any atom is -0.491 e. The molecule has 7 heteroatoms. The van der Waals surface area contributed by atoms with Gasteiger partial charge in [0.1, 0.15) is 12.4 Å². The van der Waals surface area contributed by atoms with Gasteiger partial charge in [-0.1, -0.05) is 41.6 Å². The standard InChI is InChI=1S/C19H22N4O2S/c1-13-5-4-6-17(10-13)25-11-16(24)12-26-19-20-21-22-23(19)18-8-7-14(2)9-15(18)3/h4-10,16,24H,11-12H2,1-3H3. The zero-order valence-corrected chi connectivity index (χ0v) is 15.9. The lowest BCUT2D eigenvalue weighted by Crippen LogP contribution is -2.20. The number of ether oxygens (including phenoxy) is 1. The van der Waals surface area contributed by atoms with E-state index in [4.69, 9.17) is 4.74 Å². The molecular formula is C19H22N4O2S. The molecule has 136 valence electrons. The lowest BCUT2D eigenvalue weighted by atomic mass is 10.1. The first kappa shape index (κ1) is 18.4. The molecule has 0 amide bonds. The highest BCUT2D eigenvalue weighted by molar-refractivity contribution is 7.99. The van der Waals surface area contributed by atoms with Gasteiger partial charge in [0.15, 0.2) is 0 Å². The minimum absolute atomic E-state index is 0.224. The Labute approximate surface area is 157 Å². The van der Waals surface area contributed by atoms with Crippen LogP contribution in [0, 0.1) is 20.8 Å². The predicted octanol–water partition coefficient (Wildman–Crippen LogP) is 3.12. The van der Waals surface area contributed by atoms with Gasteiger partial charge in [-0.05, 0) is 60.5 Å². The first-order valence-electron chi connectivity index (χ1n) is 8.39. The van der Waals surface area contributed by atoms with Crippen molar-refractivity contribution in [3.8, 4) is 11.4 Å². The van der Waals surface area contributed by atoms with Crippen molar-refractivity contribution in [1.29, 1.82) is 0 Å². The van der Waals surface area contributed by atoms with Crippen molar-refractivity contribution in [1.82, 2.24) is 20.2 Å². The molecule has 2 aromatic carbocycles. The monoisotopic (exact) mass is 370 g/mol. The molecular weight excluding hydrogens is 348 g/mol. The number of aromatic nitrogens is 4. The molecule has 1 unspecified atom stereocenters. The molecule has 26 heavy (non-hydrogen) atoms. The molecule has 0 aliphatic carbocycles. The van der Waals surface area contributed by atoms with Crippen LogP contribution >= 0.6 is 11.8 Å². The number of thioether (sulfide) groups is 1. The molecule has 0 bridgehead atoms. The molecule has 1 atom stereocenters. The summed E-state index contributed by atoms with van der Waals surface area (Å²) in [5.41, 5.74) is 4.35. The Bertz CT molecular complexity index is 881. The molecule has 0 radical (unpaired) electrons. The largest absolute Gasteiger partial charge is 0.491 e. The fourth-order valence-electron chi connectivity index (χ4n) is 2.58. The van der Waals surface area contributed by atoms with Gasteiger partial charge in [0.25, 0.3) is 0 Å². The molecule has 1 heterocycles. The summed E-state index contributed by atoms with van der Waals surface area (Å²) in [5.74, 6) is 1.20. The molecule has 0 saturated heterocycles. The Balaban J connectivity index is 1.59. The van der Waals surface area contributed by atoms with Gasteiger partial charge in [-0.3, -0.25) is 0 Å². The number of tetrazole rings is 1. The van der Waals surface area contributed by atoms with E-state index in [1.165, 1.54) is 17.3 Å². The summed E-state index contributed by atoms with van der Waals surface area (Å²) < 4.78 is 7.35. The molecule has 0 fully saturated rings. The topological polar surface area (TPSA) is 73.1 Å². The smallest absolute Gasteiger partial charge is 0.214 e. The van der Waals surface area contributed by atoms with Crippen LogP contribution in [-0.2, 0) is 0 Å². The number of hydrogen-bond acceptors (Lipinski definition) is 6. The van der Waals surface area contributed by atoms with E-state index in [2.05, 4.69) is 28.5 Å². The van der Waals surface area contributed by atoms with Crippen LogP contribution in [0.4, 0.5) is 0 Å². The van der Waals surface area contributed by atoms with Crippen molar-refractivity contribution < 1.29 is 9.84 Å². The number of hydrogen-bond donors (Lipinski definition) is 1. The lowest BCUT2D eigenvalue weighted by molar-refractivity contribution is 0.126. The van der Waals surface area contributed by atoms with Gasteiger partial charge >= 0.3 is 0 Å². The van der Waals surface area contributed by atoms with Gasteiger partial charge < -0.3 is 9.84 Å². The van der Waals surface area contributed by atoms with Crippen LogP contribution in [-0.4, -0.2) is 43.8 Å². The summed E-state index contributed by atoms with van der Waals surface area (Å²) in [5, 5.41) is 22.8. The average molecular weight is 370 g/mol. The molecule has 6 nitrogen and oxygen atoms in total. The fraction of sp³-hybridized carbons (Fsp3) is 0.316. The maximum atomic E-state index is 10.2. The normalized spacial score (nSPS) is 12.2. The van der Waals surface area contributed by atoms with Gasteiger partial charge in [-0.2, -0.15) is 4.68 Å². The first-order valence-corrected chi connectivity index (χ1v) is 9.38. The van der Waals surface area contributed by atoms with Crippen molar-refractivity contribution in [2.24, 2.45) is 0 Å². The Hall–Kier alpha value is -2.38. The summed E-state index contributed by atoms with van der Waals surface area (Å²) in [7, 11) is 0. The van der Waals surface area contributed by atoms with Crippen LogP contribution in [0.25, 0.3) is 5.69 Å². The number of benzene rings is 2. The van der Waals surface area contributed by atoms with Crippen LogP contribution < -0.4 is 4.74 Å². The van der Waals surface area contributed by atoms with E-state index in [1.54, 1.807) is 4.68 Å². The van der Waals surface area contributed by atoms with E-state index < -0.39 is 6.10 Å². The highest BCUT2D eigenvalue weighted by atomic mass is 32.2. The molecule has 0 spiro atoms. The van der Waals surface area contributed by atoms with Gasteiger partial charge in [-0.25, -0.2) is 0 Å². The van der Waals surface area contributed by atoms with E-state index >= 15 is 0 Å². The fourth-order valence-corrected chi connectivity index (χ4v) is 3.37. The Kier molecular flexibility index (Phi) is 5.90. The van der Waals surface area contributed by atoms with E-state index in [0.29, 0.717) is 10.9 Å². The van der Waals surface area contributed by atoms with Crippen molar-refractivity contribution in [2.45, 2.75) is 32.0 Å². The maximum Gasteiger partial charge on any atom is 0.214 e. The summed E-state index contributed by atoms with van der Waals surface area (Å²) in [6.45, 7) is 6.31. The van der Waals surface area contributed by atoms with Crippen LogP contribution in [0.5, 0.6) is 5.75 Å². The first-order chi connectivity index (χ1) is 12.5. The molecule has 1 aromatic heterocycles. The molecule has 0 saturated carbocycles. The number of aryl methyl sites for hydroxylation is 3. The summed E-state index contributed by atoms with van der Waals surface area (Å²) in [6.07, 6.45) is -0.621. The summed E-state index contributed by atoms with van der Waals surface area (Å²) >= 11 is 1.40. The highest BCUT2D eigenvalue weighted by Gasteiger charge is 2.14. The summed E-state index contributed by atoms with van der Waals surface area (Å²) in [6, 6.07) is 13.9. The Morgan fingerprint density at radius 2 is 1.92 bits per heavy atom. The number of aliphatic hydroxyl groups is 1. The SMILES string of the molecule is Cc1cccc(OCC(O)CSc2nnnn2-c2ccc(C)cc2C)c1. The summed E-state index contributed by atoms with van der Waals surface area (Å²) in [4.78, 5) is 0. The Morgan fingerprint density at radius 1 is 1.12 bits per heavy atom. The second-order valence-corrected chi connectivity index (χ2v) is 7.24. The lowest BCUT2D eigenvalue weighted by Gasteiger charge is -2.13.